The fraction of sp³-hybridized carbons (Fsp3) is 0.667. The highest BCUT2D eigenvalue weighted by Crippen LogP contribution is 2.23. The second-order valence-electron chi connectivity index (χ2n) is 7.65. The van der Waals surface area contributed by atoms with E-state index in [1.165, 1.54) is 64.2 Å². The lowest BCUT2D eigenvalue weighted by molar-refractivity contribution is 0.0600. The van der Waals surface area contributed by atoms with Crippen LogP contribution in [0.15, 0.2) is 24.3 Å². The van der Waals surface area contributed by atoms with Crippen molar-refractivity contribution in [2.45, 2.75) is 57.5 Å². The van der Waals surface area contributed by atoms with Crippen LogP contribution in [0, 0.1) is 5.92 Å². The van der Waals surface area contributed by atoms with E-state index in [1.807, 2.05) is 24.3 Å². The summed E-state index contributed by atoms with van der Waals surface area (Å²) in [5.74, 6) is 0.650. The molecule has 1 aromatic carbocycles. The van der Waals surface area contributed by atoms with Gasteiger partial charge in [-0.3, -0.25) is 4.90 Å². The quantitative estimate of drug-likeness (QED) is 0.801. The molecule has 0 radical (unpaired) electrons. The molecule has 0 spiro atoms. The molecule has 1 N–H and O–H groups in total. The van der Waals surface area contributed by atoms with Gasteiger partial charge in [0.2, 0.25) is 0 Å². The number of benzene rings is 1. The molecule has 2 aliphatic rings. The summed E-state index contributed by atoms with van der Waals surface area (Å²) in [5.41, 5.74) is 1.89. The average molecular weight is 344 g/mol. The van der Waals surface area contributed by atoms with Crippen LogP contribution in [0.3, 0.4) is 0 Å². The number of esters is 1. The number of likely N-dealkylation sites (tertiary alicyclic amines) is 1. The summed E-state index contributed by atoms with van der Waals surface area (Å²) in [4.78, 5) is 14.0. The highest BCUT2D eigenvalue weighted by molar-refractivity contribution is 5.89. The highest BCUT2D eigenvalue weighted by Gasteiger charge is 2.21. The molecule has 1 aromatic rings. The Hall–Kier alpha value is -1.39. The second-order valence-corrected chi connectivity index (χ2v) is 7.65. The van der Waals surface area contributed by atoms with Crippen LogP contribution in [-0.4, -0.2) is 43.7 Å². The van der Waals surface area contributed by atoms with E-state index < -0.39 is 0 Å². The number of nitrogens with zero attached hydrogens (tertiary/aromatic N) is 1. The molecular weight excluding hydrogens is 312 g/mol. The summed E-state index contributed by atoms with van der Waals surface area (Å²) in [6, 6.07) is 8.50. The molecule has 25 heavy (non-hydrogen) atoms. The number of ether oxygens (including phenoxy) is 1. The normalized spacial score (nSPS) is 20.5. The number of hydrogen-bond donors (Lipinski definition) is 1. The van der Waals surface area contributed by atoms with Crippen molar-refractivity contribution < 1.29 is 9.53 Å². The zero-order valence-electron chi connectivity index (χ0n) is 15.5. The van der Waals surface area contributed by atoms with Gasteiger partial charge >= 0.3 is 5.97 Å². The van der Waals surface area contributed by atoms with Crippen molar-refractivity contribution in [3.8, 4) is 0 Å². The molecular formula is C21H32N2O2. The van der Waals surface area contributed by atoms with E-state index in [4.69, 9.17) is 4.74 Å². The monoisotopic (exact) mass is 344 g/mol. The molecule has 1 saturated heterocycles. The average Bonchev–Trinajstić information content (AvgIpc) is 2.68. The highest BCUT2D eigenvalue weighted by atomic mass is 16.5. The van der Waals surface area contributed by atoms with E-state index in [0.717, 1.165) is 25.6 Å². The Kier molecular flexibility index (Phi) is 6.88. The molecule has 1 aliphatic heterocycles. The smallest absolute Gasteiger partial charge is 0.337 e. The van der Waals surface area contributed by atoms with Crippen molar-refractivity contribution in [3.05, 3.63) is 35.4 Å². The van der Waals surface area contributed by atoms with Crippen molar-refractivity contribution in [1.82, 2.24) is 10.2 Å². The van der Waals surface area contributed by atoms with Crippen LogP contribution in [0.4, 0.5) is 0 Å². The Morgan fingerprint density at radius 3 is 2.40 bits per heavy atom. The Bertz CT molecular complexity index is 529. The lowest BCUT2D eigenvalue weighted by atomic mass is 9.89. The third kappa shape index (κ3) is 5.55. The van der Waals surface area contributed by atoms with Crippen LogP contribution in [0.25, 0.3) is 0 Å². The summed E-state index contributed by atoms with van der Waals surface area (Å²) in [7, 11) is 1.42. The first-order valence-corrected chi connectivity index (χ1v) is 9.87. The van der Waals surface area contributed by atoms with Crippen molar-refractivity contribution in [1.29, 1.82) is 0 Å². The van der Waals surface area contributed by atoms with Gasteiger partial charge in [-0.1, -0.05) is 31.4 Å². The van der Waals surface area contributed by atoms with Crippen LogP contribution in [0.2, 0.25) is 0 Å². The number of methoxy groups -OCH3 is 1. The van der Waals surface area contributed by atoms with E-state index in [-0.39, 0.29) is 5.97 Å². The van der Waals surface area contributed by atoms with Crippen molar-refractivity contribution in [3.63, 3.8) is 0 Å². The maximum atomic E-state index is 11.5. The summed E-state index contributed by atoms with van der Waals surface area (Å²) < 4.78 is 4.75. The molecule has 1 heterocycles. The van der Waals surface area contributed by atoms with Crippen molar-refractivity contribution in [2.75, 3.05) is 26.7 Å². The van der Waals surface area contributed by atoms with E-state index in [9.17, 15) is 4.79 Å². The van der Waals surface area contributed by atoms with Crippen LogP contribution >= 0.6 is 0 Å². The second kappa shape index (κ2) is 9.35. The summed E-state index contributed by atoms with van der Waals surface area (Å²) in [5, 5.41) is 3.82. The predicted octanol–water partition coefficient (Wildman–Crippen LogP) is 3.61. The third-order valence-electron chi connectivity index (χ3n) is 5.79. The summed E-state index contributed by atoms with van der Waals surface area (Å²) >= 11 is 0. The molecule has 0 amide bonds. The lowest BCUT2D eigenvalue weighted by Crippen LogP contribution is -2.43. The van der Waals surface area contributed by atoms with Gasteiger partial charge < -0.3 is 10.1 Å². The topological polar surface area (TPSA) is 41.6 Å². The van der Waals surface area contributed by atoms with E-state index in [0.29, 0.717) is 11.6 Å². The van der Waals surface area contributed by atoms with Gasteiger partial charge in [0, 0.05) is 12.6 Å². The summed E-state index contributed by atoms with van der Waals surface area (Å²) in [6.07, 6.45) is 9.63. The molecule has 1 saturated carbocycles. The summed E-state index contributed by atoms with van der Waals surface area (Å²) in [6.45, 7) is 4.50. The van der Waals surface area contributed by atoms with Gasteiger partial charge in [-0.15, -0.1) is 0 Å². The molecule has 3 rings (SSSR count). The fourth-order valence-corrected chi connectivity index (χ4v) is 4.14. The standard InChI is InChI=1S/C21H32N2O2/c1-25-21(24)19-9-7-18(8-10-19)16-23-13-11-20(12-14-23)22-15-17-5-3-2-4-6-17/h7-10,17,20,22H,2-6,11-16H2,1H3. The maximum Gasteiger partial charge on any atom is 0.337 e. The largest absolute Gasteiger partial charge is 0.465 e. The molecule has 4 nitrogen and oxygen atoms in total. The molecule has 2 fully saturated rings. The molecule has 0 bridgehead atoms. The third-order valence-corrected chi connectivity index (χ3v) is 5.79. The molecule has 138 valence electrons. The van der Waals surface area contributed by atoms with Crippen molar-refractivity contribution >= 4 is 5.97 Å². The zero-order valence-corrected chi connectivity index (χ0v) is 15.5. The lowest BCUT2D eigenvalue weighted by Gasteiger charge is -2.33. The minimum atomic E-state index is -0.267. The first-order chi connectivity index (χ1) is 12.2. The maximum absolute atomic E-state index is 11.5. The van der Waals surface area contributed by atoms with Gasteiger partial charge in [0.1, 0.15) is 0 Å². The molecule has 0 atom stereocenters. The molecule has 4 heteroatoms. The van der Waals surface area contributed by atoms with Crippen molar-refractivity contribution in [2.24, 2.45) is 5.92 Å². The van der Waals surface area contributed by atoms with Crippen LogP contribution in [0.1, 0.15) is 60.9 Å². The van der Waals surface area contributed by atoms with Gasteiger partial charge in [0.05, 0.1) is 12.7 Å². The Morgan fingerprint density at radius 2 is 1.76 bits per heavy atom. The number of nitrogens with one attached hydrogen (secondary N) is 1. The van der Waals surface area contributed by atoms with Crippen LogP contribution in [-0.2, 0) is 11.3 Å². The number of carbonyl (C=O) groups excluding carboxylic acids is 1. The number of hydrogen-bond acceptors (Lipinski definition) is 4. The van der Waals surface area contributed by atoms with Crippen LogP contribution < -0.4 is 5.32 Å². The predicted molar refractivity (Wildman–Crippen MR) is 101 cm³/mol. The number of piperidine rings is 1. The molecule has 1 aliphatic carbocycles. The van der Waals surface area contributed by atoms with Gasteiger partial charge in [0.15, 0.2) is 0 Å². The molecule has 0 aromatic heterocycles. The Morgan fingerprint density at radius 1 is 1.08 bits per heavy atom. The minimum absolute atomic E-state index is 0.267. The van der Waals surface area contributed by atoms with Gasteiger partial charge in [-0.2, -0.15) is 0 Å². The van der Waals surface area contributed by atoms with Gasteiger partial charge in [-0.05, 0) is 68.9 Å². The van der Waals surface area contributed by atoms with Gasteiger partial charge in [0.25, 0.3) is 0 Å². The fourth-order valence-electron chi connectivity index (χ4n) is 4.14. The number of rotatable bonds is 6. The minimum Gasteiger partial charge on any atom is -0.465 e. The number of carbonyl (C=O) groups is 1. The first kappa shape index (κ1) is 18.4. The first-order valence-electron chi connectivity index (χ1n) is 9.87. The molecule has 0 unspecified atom stereocenters. The van der Waals surface area contributed by atoms with Gasteiger partial charge in [-0.25, -0.2) is 4.79 Å². The van der Waals surface area contributed by atoms with E-state index >= 15 is 0 Å². The van der Waals surface area contributed by atoms with Crippen LogP contribution in [0.5, 0.6) is 0 Å². The van der Waals surface area contributed by atoms with E-state index in [2.05, 4.69) is 10.2 Å². The Balaban J connectivity index is 1.38. The zero-order chi connectivity index (χ0) is 17.5. The SMILES string of the molecule is COC(=O)c1ccc(CN2CCC(NCC3CCCCC3)CC2)cc1. The Labute approximate surface area is 151 Å². The van der Waals surface area contributed by atoms with E-state index in [1.54, 1.807) is 0 Å².